The van der Waals surface area contributed by atoms with Crippen molar-refractivity contribution in [2.75, 3.05) is 50.1 Å². The van der Waals surface area contributed by atoms with Gasteiger partial charge in [-0.1, -0.05) is 17.7 Å². The third-order valence-electron chi connectivity index (χ3n) is 4.37. The van der Waals surface area contributed by atoms with Crippen LogP contribution in [0.3, 0.4) is 0 Å². The fourth-order valence-corrected chi connectivity index (χ4v) is 3.05. The van der Waals surface area contributed by atoms with Crippen molar-refractivity contribution in [1.29, 1.82) is 0 Å². The highest BCUT2D eigenvalue weighted by atomic mass is 35.5. The fraction of sp³-hybridized carbons (Fsp3) is 0.316. The first kappa shape index (κ1) is 16.7. The number of hydrogen-bond donors (Lipinski definition) is 0. The monoisotopic (exact) mass is 343 g/mol. The molecular weight excluding hydrogens is 322 g/mol. The summed E-state index contributed by atoms with van der Waals surface area (Å²) in [4.78, 5) is 19.0. The van der Waals surface area contributed by atoms with Crippen LogP contribution in [0.2, 0.25) is 5.02 Å². The van der Waals surface area contributed by atoms with E-state index >= 15 is 0 Å². The molecule has 0 radical (unpaired) electrons. The molecule has 0 bridgehead atoms. The largest absolute Gasteiger partial charge is 0.378 e. The Morgan fingerprint density at radius 3 is 2.29 bits per heavy atom. The van der Waals surface area contributed by atoms with E-state index in [2.05, 4.69) is 4.90 Å². The number of piperazine rings is 1. The van der Waals surface area contributed by atoms with Crippen LogP contribution in [0.1, 0.15) is 10.4 Å². The van der Waals surface area contributed by atoms with Crippen LogP contribution in [0.25, 0.3) is 0 Å². The van der Waals surface area contributed by atoms with Crippen molar-refractivity contribution in [3.8, 4) is 0 Å². The predicted octanol–water partition coefficient (Wildman–Crippen LogP) is 3.37. The second-order valence-electron chi connectivity index (χ2n) is 6.20. The summed E-state index contributed by atoms with van der Waals surface area (Å²) in [5.74, 6) is 0.106. The van der Waals surface area contributed by atoms with Gasteiger partial charge in [0, 0.05) is 62.2 Å². The van der Waals surface area contributed by atoms with Crippen LogP contribution in [-0.4, -0.2) is 51.1 Å². The second kappa shape index (κ2) is 7.14. The summed E-state index contributed by atoms with van der Waals surface area (Å²) in [5.41, 5.74) is 2.95. The lowest BCUT2D eigenvalue weighted by Crippen LogP contribution is -2.48. The summed E-state index contributed by atoms with van der Waals surface area (Å²) in [5, 5.41) is 0.744. The van der Waals surface area contributed by atoms with E-state index in [1.807, 2.05) is 72.4 Å². The molecule has 1 aliphatic heterocycles. The van der Waals surface area contributed by atoms with Gasteiger partial charge in [0.25, 0.3) is 5.91 Å². The van der Waals surface area contributed by atoms with E-state index in [1.165, 1.54) is 0 Å². The number of carbonyl (C=O) groups is 1. The number of anilines is 2. The minimum atomic E-state index is 0.106. The van der Waals surface area contributed by atoms with Crippen molar-refractivity contribution < 1.29 is 4.79 Å². The topological polar surface area (TPSA) is 26.8 Å². The van der Waals surface area contributed by atoms with E-state index in [0.717, 1.165) is 48.1 Å². The van der Waals surface area contributed by atoms with E-state index in [1.54, 1.807) is 0 Å². The van der Waals surface area contributed by atoms with E-state index in [4.69, 9.17) is 11.6 Å². The molecule has 1 aliphatic rings. The Morgan fingerprint density at radius 1 is 1.00 bits per heavy atom. The molecule has 0 unspecified atom stereocenters. The third-order valence-corrected chi connectivity index (χ3v) is 4.62. The lowest BCUT2D eigenvalue weighted by molar-refractivity contribution is 0.0747. The van der Waals surface area contributed by atoms with Crippen molar-refractivity contribution in [2.24, 2.45) is 0 Å². The number of rotatable bonds is 3. The van der Waals surface area contributed by atoms with Crippen molar-refractivity contribution in [2.45, 2.75) is 0 Å². The highest BCUT2D eigenvalue weighted by Gasteiger charge is 2.22. The Balaban J connectivity index is 1.65. The maximum absolute atomic E-state index is 12.7. The van der Waals surface area contributed by atoms with E-state index in [0.29, 0.717) is 0 Å². The molecule has 1 heterocycles. The standard InChI is InChI=1S/C19H22ClN3O/c1-21(2)18-5-3-4-15(14-18)19(24)23-12-10-22(11-13-23)17-8-6-16(20)7-9-17/h3-9,14H,10-13H2,1-2H3. The zero-order valence-corrected chi connectivity index (χ0v) is 14.8. The van der Waals surface area contributed by atoms with E-state index in [-0.39, 0.29) is 5.91 Å². The van der Waals surface area contributed by atoms with Crippen LogP contribution in [-0.2, 0) is 0 Å². The predicted molar refractivity (Wildman–Crippen MR) is 100 cm³/mol. The molecule has 24 heavy (non-hydrogen) atoms. The quantitative estimate of drug-likeness (QED) is 0.855. The molecule has 0 N–H and O–H groups in total. The minimum absolute atomic E-state index is 0.106. The van der Waals surface area contributed by atoms with Gasteiger partial charge >= 0.3 is 0 Å². The second-order valence-corrected chi connectivity index (χ2v) is 6.64. The van der Waals surface area contributed by atoms with E-state index < -0.39 is 0 Å². The minimum Gasteiger partial charge on any atom is -0.378 e. The Morgan fingerprint density at radius 2 is 1.67 bits per heavy atom. The van der Waals surface area contributed by atoms with Crippen LogP contribution < -0.4 is 9.80 Å². The number of amides is 1. The van der Waals surface area contributed by atoms with Crippen molar-refractivity contribution in [1.82, 2.24) is 4.90 Å². The number of benzene rings is 2. The zero-order chi connectivity index (χ0) is 17.1. The molecule has 0 atom stereocenters. The first-order valence-electron chi connectivity index (χ1n) is 8.12. The number of nitrogens with zero attached hydrogens (tertiary/aromatic N) is 3. The van der Waals surface area contributed by atoms with Crippen LogP contribution in [0.4, 0.5) is 11.4 Å². The van der Waals surface area contributed by atoms with Gasteiger partial charge in [0.05, 0.1) is 0 Å². The van der Waals surface area contributed by atoms with Gasteiger partial charge in [-0.15, -0.1) is 0 Å². The number of carbonyl (C=O) groups excluding carboxylic acids is 1. The van der Waals surface area contributed by atoms with Gasteiger partial charge in [-0.25, -0.2) is 0 Å². The molecule has 0 spiro atoms. The van der Waals surface area contributed by atoms with Crippen molar-refractivity contribution in [3.63, 3.8) is 0 Å². The van der Waals surface area contributed by atoms with Crippen LogP contribution in [0.15, 0.2) is 48.5 Å². The van der Waals surface area contributed by atoms with Gasteiger partial charge in [-0.05, 0) is 42.5 Å². The average Bonchev–Trinajstić information content (AvgIpc) is 2.62. The molecule has 126 valence electrons. The molecule has 3 rings (SSSR count). The Bertz CT molecular complexity index is 707. The smallest absolute Gasteiger partial charge is 0.254 e. The zero-order valence-electron chi connectivity index (χ0n) is 14.1. The molecule has 2 aromatic rings. The average molecular weight is 344 g/mol. The highest BCUT2D eigenvalue weighted by molar-refractivity contribution is 6.30. The van der Waals surface area contributed by atoms with E-state index in [9.17, 15) is 4.79 Å². The molecule has 0 aliphatic carbocycles. The van der Waals surface area contributed by atoms with Crippen LogP contribution in [0, 0.1) is 0 Å². The van der Waals surface area contributed by atoms with Crippen LogP contribution >= 0.6 is 11.6 Å². The summed E-state index contributed by atoms with van der Waals surface area (Å²) in [7, 11) is 3.96. The molecule has 2 aromatic carbocycles. The number of halogens is 1. The maximum atomic E-state index is 12.7. The number of hydrogen-bond acceptors (Lipinski definition) is 3. The normalized spacial score (nSPS) is 14.6. The molecule has 1 saturated heterocycles. The molecule has 5 heteroatoms. The summed E-state index contributed by atoms with van der Waals surface area (Å²) in [6.07, 6.45) is 0. The summed E-state index contributed by atoms with van der Waals surface area (Å²) >= 11 is 5.94. The molecule has 4 nitrogen and oxygen atoms in total. The van der Waals surface area contributed by atoms with Gasteiger partial charge in [-0.2, -0.15) is 0 Å². The summed E-state index contributed by atoms with van der Waals surface area (Å²) in [6.45, 7) is 3.13. The molecule has 0 aromatic heterocycles. The van der Waals surface area contributed by atoms with Crippen molar-refractivity contribution in [3.05, 3.63) is 59.1 Å². The third kappa shape index (κ3) is 3.65. The highest BCUT2D eigenvalue weighted by Crippen LogP contribution is 2.21. The lowest BCUT2D eigenvalue weighted by atomic mass is 10.1. The van der Waals surface area contributed by atoms with Crippen LogP contribution in [0.5, 0.6) is 0 Å². The van der Waals surface area contributed by atoms with Gasteiger partial charge in [-0.3, -0.25) is 4.79 Å². The molecule has 1 amide bonds. The molecule has 0 saturated carbocycles. The van der Waals surface area contributed by atoms with Crippen molar-refractivity contribution >= 4 is 28.9 Å². The summed E-state index contributed by atoms with van der Waals surface area (Å²) < 4.78 is 0. The van der Waals surface area contributed by atoms with Gasteiger partial charge in [0.1, 0.15) is 0 Å². The molecule has 1 fully saturated rings. The maximum Gasteiger partial charge on any atom is 0.254 e. The van der Waals surface area contributed by atoms with Gasteiger partial charge < -0.3 is 14.7 Å². The Kier molecular flexibility index (Phi) is 4.95. The first-order chi connectivity index (χ1) is 11.5. The SMILES string of the molecule is CN(C)c1cccc(C(=O)N2CCN(c3ccc(Cl)cc3)CC2)c1. The first-order valence-corrected chi connectivity index (χ1v) is 8.49. The molecular formula is C19H22ClN3O. The Labute approximate surface area is 148 Å². The van der Waals surface area contributed by atoms with Gasteiger partial charge in [0.15, 0.2) is 0 Å². The fourth-order valence-electron chi connectivity index (χ4n) is 2.92. The van der Waals surface area contributed by atoms with Gasteiger partial charge in [0.2, 0.25) is 0 Å². The summed E-state index contributed by atoms with van der Waals surface area (Å²) in [6, 6.07) is 15.7. The lowest BCUT2D eigenvalue weighted by Gasteiger charge is -2.36. The Hall–Kier alpha value is -2.20.